The van der Waals surface area contributed by atoms with Gasteiger partial charge in [0.05, 0.1) is 17.0 Å². The summed E-state index contributed by atoms with van der Waals surface area (Å²) < 4.78 is 4.97. The molecule has 0 aliphatic rings. The third kappa shape index (κ3) is 3.95. The monoisotopic (exact) mass is 332 g/mol. The smallest absolute Gasteiger partial charge is 0.341 e. The second-order valence-electron chi connectivity index (χ2n) is 4.17. The summed E-state index contributed by atoms with van der Waals surface area (Å²) in [5, 5.41) is 4.55. The highest BCUT2D eigenvalue weighted by Gasteiger charge is 2.26. The molecule has 0 unspecified atom stereocenters. The summed E-state index contributed by atoms with van der Waals surface area (Å²) in [7, 11) is 1.49. The van der Waals surface area contributed by atoms with E-state index in [1.54, 1.807) is 13.8 Å². The Morgan fingerprint density at radius 3 is 2.48 bits per heavy atom. The maximum atomic E-state index is 12.0. The van der Waals surface area contributed by atoms with Crippen LogP contribution in [-0.4, -0.2) is 36.8 Å². The number of anilines is 1. The Labute approximate surface area is 131 Å². The van der Waals surface area contributed by atoms with Crippen LogP contribution in [0.25, 0.3) is 0 Å². The minimum atomic E-state index is -0.758. The lowest BCUT2D eigenvalue weighted by atomic mass is 10.1. The highest BCUT2D eigenvalue weighted by atomic mass is 35.5. The highest BCUT2D eigenvalue weighted by Crippen LogP contribution is 2.34. The van der Waals surface area contributed by atoms with Crippen LogP contribution in [0, 0.1) is 6.92 Å². The number of esters is 1. The first-order chi connectivity index (χ1) is 9.83. The van der Waals surface area contributed by atoms with Gasteiger partial charge in [0, 0.05) is 7.05 Å². The SMILES string of the molecule is CCOC(=O)c1c(NC(=O)[C@@H](C)Cl)sc(C(=O)NC)c1C. The van der Waals surface area contributed by atoms with Crippen LogP contribution in [0.15, 0.2) is 0 Å². The molecule has 2 N–H and O–H groups in total. The van der Waals surface area contributed by atoms with E-state index in [4.69, 9.17) is 16.3 Å². The van der Waals surface area contributed by atoms with Crippen molar-refractivity contribution in [3.8, 4) is 0 Å². The van der Waals surface area contributed by atoms with Crippen molar-refractivity contribution in [2.45, 2.75) is 26.1 Å². The number of thiophene rings is 1. The molecule has 2 amide bonds. The van der Waals surface area contributed by atoms with Gasteiger partial charge < -0.3 is 15.4 Å². The van der Waals surface area contributed by atoms with Gasteiger partial charge in [-0.2, -0.15) is 0 Å². The van der Waals surface area contributed by atoms with Crippen molar-refractivity contribution >= 4 is 45.7 Å². The first-order valence-electron chi connectivity index (χ1n) is 6.30. The molecule has 1 heterocycles. The Morgan fingerprint density at radius 1 is 1.38 bits per heavy atom. The van der Waals surface area contributed by atoms with Crippen molar-refractivity contribution in [3.05, 3.63) is 16.0 Å². The van der Waals surface area contributed by atoms with E-state index in [9.17, 15) is 14.4 Å². The number of ether oxygens (including phenoxy) is 1. The van der Waals surface area contributed by atoms with Crippen molar-refractivity contribution in [2.75, 3.05) is 19.0 Å². The zero-order chi connectivity index (χ0) is 16.2. The standard InChI is InChI=1S/C13H17ClN2O4S/c1-5-20-13(19)8-6(2)9(11(18)15-4)21-12(8)16-10(17)7(3)14/h7H,5H2,1-4H3,(H,15,18)(H,16,17)/t7-/m1/s1. The van der Waals surface area contributed by atoms with Crippen molar-refractivity contribution in [3.63, 3.8) is 0 Å². The van der Waals surface area contributed by atoms with Gasteiger partial charge in [-0.15, -0.1) is 22.9 Å². The zero-order valence-electron chi connectivity index (χ0n) is 12.2. The van der Waals surface area contributed by atoms with Gasteiger partial charge in [0.25, 0.3) is 5.91 Å². The van der Waals surface area contributed by atoms with E-state index in [0.29, 0.717) is 10.4 Å². The molecule has 8 heteroatoms. The molecule has 0 fully saturated rings. The lowest BCUT2D eigenvalue weighted by Crippen LogP contribution is -2.21. The fourth-order valence-electron chi connectivity index (χ4n) is 1.59. The molecule has 0 aromatic carbocycles. The quantitative estimate of drug-likeness (QED) is 0.639. The molecule has 116 valence electrons. The van der Waals surface area contributed by atoms with Crippen LogP contribution in [0.3, 0.4) is 0 Å². The number of nitrogens with one attached hydrogen (secondary N) is 2. The van der Waals surface area contributed by atoms with Gasteiger partial charge >= 0.3 is 5.97 Å². The maximum Gasteiger partial charge on any atom is 0.341 e. The van der Waals surface area contributed by atoms with Crippen molar-refractivity contribution in [1.29, 1.82) is 0 Å². The van der Waals surface area contributed by atoms with E-state index in [0.717, 1.165) is 11.3 Å². The lowest BCUT2D eigenvalue weighted by Gasteiger charge is -2.07. The fourth-order valence-corrected chi connectivity index (χ4v) is 2.79. The van der Waals surface area contributed by atoms with Crippen LogP contribution >= 0.6 is 22.9 Å². The maximum absolute atomic E-state index is 12.0. The minimum absolute atomic E-state index is 0.186. The van der Waals surface area contributed by atoms with E-state index in [2.05, 4.69) is 10.6 Å². The number of hydrogen-bond acceptors (Lipinski definition) is 5. The van der Waals surface area contributed by atoms with Gasteiger partial charge in [-0.05, 0) is 26.3 Å². The normalized spacial score (nSPS) is 11.7. The van der Waals surface area contributed by atoms with E-state index in [1.807, 2.05) is 0 Å². The first-order valence-corrected chi connectivity index (χ1v) is 7.56. The van der Waals surface area contributed by atoms with E-state index in [-0.39, 0.29) is 23.1 Å². The molecule has 0 saturated carbocycles. The summed E-state index contributed by atoms with van der Waals surface area (Å²) in [6.45, 7) is 5.02. The fraction of sp³-hybridized carbons (Fsp3) is 0.462. The number of alkyl halides is 1. The molecule has 1 aromatic heterocycles. The molecule has 1 aromatic rings. The highest BCUT2D eigenvalue weighted by molar-refractivity contribution is 7.18. The first kappa shape index (κ1) is 17.5. The van der Waals surface area contributed by atoms with Crippen molar-refractivity contribution < 1.29 is 19.1 Å². The van der Waals surface area contributed by atoms with Crippen molar-refractivity contribution in [1.82, 2.24) is 5.32 Å². The molecular formula is C13H17ClN2O4S. The van der Waals surface area contributed by atoms with Crippen molar-refractivity contribution in [2.24, 2.45) is 0 Å². The molecule has 0 aliphatic carbocycles. The molecule has 0 saturated heterocycles. The second kappa shape index (κ2) is 7.42. The van der Waals surface area contributed by atoms with Crippen LogP contribution in [0.5, 0.6) is 0 Å². The summed E-state index contributed by atoms with van der Waals surface area (Å²) >= 11 is 6.72. The van der Waals surface area contributed by atoms with Gasteiger partial charge in [-0.25, -0.2) is 4.79 Å². The lowest BCUT2D eigenvalue weighted by molar-refractivity contribution is -0.115. The predicted molar refractivity (Wildman–Crippen MR) is 82.3 cm³/mol. The molecule has 0 aliphatic heterocycles. The van der Waals surface area contributed by atoms with Crippen LogP contribution in [0.4, 0.5) is 5.00 Å². The number of halogens is 1. The summed E-state index contributed by atoms with van der Waals surface area (Å²) in [5.74, 6) is -1.37. The average Bonchev–Trinajstić information content (AvgIpc) is 2.74. The molecule has 1 atom stereocenters. The van der Waals surface area contributed by atoms with Gasteiger partial charge in [-0.1, -0.05) is 0 Å². The number of amides is 2. The van der Waals surface area contributed by atoms with Gasteiger partial charge in [-0.3, -0.25) is 9.59 Å². The van der Waals surface area contributed by atoms with Crippen LogP contribution in [-0.2, 0) is 9.53 Å². The number of rotatable bonds is 5. The Kier molecular flexibility index (Phi) is 6.17. The predicted octanol–water partition coefficient (Wildman–Crippen LogP) is 2.16. The number of hydrogen-bond donors (Lipinski definition) is 2. The third-order valence-corrected chi connectivity index (χ3v) is 4.06. The molecule has 21 heavy (non-hydrogen) atoms. The third-order valence-electron chi connectivity index (χ3n) is 2.66. The van der Waals surface area contributed by atoms with Gasteiger partial charge in [0.15, 0.2) is 0 Å². The van der Waals surface area contributed by atoms with E-state index >= 15 is 0 Å². The Bertz CT molecular complexity index is 569. The molecule has 0 bridgehead atoms. The molecule has 1 rings (SSSR count). The Balaban J connectivity index is 3.29. The Morgan fingerprint density at radius 2 is 2.00 bits per heavy atom. The zero-order valence-corrected chi connectivity index (χ0v) is 13.8. The summed E-state index contributed by atoms with van der Waals surface area (Å²) in [6, 6.07) is 0. The van der Waals surface area contributed by atoms with Crippen LogP contribution < -0.4 is 10.6 Å². The summed E-state index contributed by atoms with van der Waals surface area (Å²) in [4.78, 5) is 35.9. The minimum Gasteiger partial charge on any atom is -0.462 e. The number of carbonyl (C=O) groups excluding carboxylic acids is 3. The number of carbonyl (C=O) groups is 3. The Hall–Kier alpha value is -1.60. The van der Waals surface area contributed by atoms with Gasteiger partial charge in [0.1, 0.15) is 10.4 Å². The van der Waals surface area contributed by atoms with Crippen LogP contribution in [0.1, 0.15) is 39.4 Å². The van der Waals surface area contributed by atoms with E-state index in [1.165, 1.54) is 14.0 Å². The summed E-state index contributed by atoms with van der Waals surface area (Å²) in [6.07, 6.45) is 0. The van der Waals surface area contributed by atoms with E-state index < -0.39 is 17.3 Å². The second-order valence-corrected chi connectivity index (χ2v) is 5.84. The largest absolute Gasteiger partial charge is 0.462 e. The molecule has 0 spiro atoms. The molecule has 0 radical (unpaired) electrons. The van der Waals surface area contributed by atoms with Gasteiger partial charge in [0.2, 0.25) is 5.91 Å². The van der Waals surface area contributed by atoms with Crippen LogP contribution in [0.2, 0.25) is 0 Å². The molecule has 6 nitrogen and oxygen atoms in total. The molecular weight excluding hydrogens is 316 g/mol. The summed E-state index contributed by atoms with van der Waals surface area (Å²) in [5.41, 5.74) is 0.654. The topological polar surface area (TPSA) is 84.5 Å². The average molecular weight is 333 g/mol.